The first kappa shape index (κ1) is 12.4. The third-order valence-corrected chi connectivity index (χ3v) is 1.97. The summed E-state index contributed by atoms with van der Waals surface area (Å²) in [5, 5.41) is 11.8. The topological polar surface area (TPSA) is 58.6 Å². The zero-order valence-corrected chi connectivity index (χ0v) is 9.37. The van der Waals surface area contributed by atoms with Crippen LogP contribution in [0.15, 0.2) is 18.2 Å². The molecule has 1 amide bonds. The Morgan fingerprint density at radius 2 is 2.12 bits per heavy atom. The zero-order chi connectivity index (χ0) is 12.3. The third kappa shape index (κ3) is 2.93. The number of amides is 1. The van der Waals surface area contributed by atoms with E-state index >= 15 is 0 Å². The van der Waals surface area contributed by atoms with Gasteiger partial charge >= 0.3 is 0 Å². The van der Waals surface area contributed by atoms with Crippen LogP contribution in [0, 0.1) is 5.82 Å². The highest BCUT2D eigenvalue weighted by molar-refractivity contribution is 5.96. The van der Waals surface area contributed by atoms with E-state index in [4.69, 9.17) is 4.74 Å². The van der Waals surface area contributed by atoms with Crippen LogP contribution < -0.4 is 10.1 Å². The van der Waals surface area contributed by atoms with Crippen LogP contribution in [-0.4, -0.2) is 23.7 Å². The molecule has 2 N–H and O–H groups in total. The zero-order valence-electron chi connectivity index (χ0n) is 9.37. The summed E-state index contributed by atoms with van der Waals surface area (Å²) in [7, 11) is 1.35. The average Bonchev–Trinajstić information content (AvgIpc) is 2.16. The molecule has 0 spiro atoms. The van der Waals surface area contributed by atoms with Gasteiger partial charge in [-0.2, -0.15) is 0 Å². The van der Waals surface area contributed by atoms with Gasteiger partial charge in [-0.3, -0.25) is 4.79 Å². The number of carbonyl (C=O) groups excluding carboxylic acids is 1. The fraction of sp³-hybridized carbons (Fsp3) is 0.364. The van der Waals surface area contributed by atoms with Crippen molar-refractivity contribution in [2.45, 2.75) is 19.4 Å². The van der Waals surface area contributed by atoms with E-state index in [0.29, 0.717) is 0 Å². The summed E-state index contributed by atoms with van der Waals surface area (Å²) in [6.07, 6.45) is 0. The van der Waals surface area contributed by atoms with Crippen LogP contribution >= 0.6 is 0 Å². The molecule has 0 heterocycles. The summed E-state index contributed by atoms with van der Waals surface area (Å²) in [5.41, 5.74) is -1.23. The van der Waals surface area contributed by atoms with E-state index in [1.165, 1.54) is 33.1 Å². The Kier molecular flexibility index (Phi) is 3.49. The number of benzene rings is 1. The normalized spacial score (nSPS) is 11.1. The van der Waals surface area contributed by atoms with E-state index in [9.17, 15) is 14.3 Å². The number of nitrogens with one attached hydrogen (secondary N) is 1. The molecule has 0 bridgehead atoms. The molecule has 88 valence electrons. The quantitative estimate of drug-likeness (QED) is 0.823. The molecule has 0 unspecified atom stereocenters. The van der Waals surface area contributed by atoms with Gasteiger partial charge in [-0.05, 0) is 26.0 Å². The minimum atomic E-state index is -1.50. The third-order valence-electron chi connectivity index (χ3n) is 1.97. The number of halogens is 1. The summed E-state index contributed by atoms with van der Waals surface area (Å²) in [5.74, 6) is -1.07. The van der Waals surface area contributed by atoms with Crippen LogP contribution in [0.4, 0.5) is 10.1 Å². The predicted molar refractivity (Wildman–Crippen MR) is 57.9 cm³/mol. The van der Waals surface area contributed by atoms with Gasteiger partial charge in [0, 0.05) is 11.8 Å². The number of hydrogen-bond acceptors (Lipinski definition) is 3. The molecular formula is C11H14FNO3. The molecule has 1 aromatic rings. The molecule has 4 nitrogen and oxygen atoms in total. The van der Waals surface area contributed by atoms with Crippen molar-refractivity contribution in [1.82, 2.24) is 0 Å². The van der Waals surface area contributed by atoms with Gasteiger partial charge in [-0.1, -0.05) is 0 Å². The fourth-order valence-corrected chi connectivity index (χ4v) is 1.03. The molecule has 1 rings (SSSR count). The number of hydrogen-bond donors (Lipinski definition) is 2. The first-order valence-corrected chi connectivity index (χ1v) is 4.72. The van der Waals surface area contributed by atoms with E-state index in [2.05, 4.69) is 5.32 Å². The molecule has 0 atom stereocenters. The number of rotatable bonds is 3. The molecule has 0 aliphatic carbocycles. The Balaban J connectivity index is 2.84. The molecule has 0 saturated heterocycles. The highest BCUT2D eigenvalue weighted by atomic mass is 19.1. The van der Waals surface area contributed by atoms with Gasteiger partial charge in [0.25, 0.3) is 5.91 Å². The number of ether oxygens (including phenoxy) is 1. The highest BCUT2D eigenvalue weighted by Gasteiger charge is 2.23. The van der Waals surface area contributed by atoms with E-state index in [1.807, 2.05) is 0 Å². The second-order valence-electron chi connectivity index (χ2n) is 3.86. The van der Waals surface area contributed by atoms with Crippen molar-refractivity contribution in [2.75, 3.05) is 12.4 Å². The minimum Gasteiger partial charge on any atom is -0.494 e. The number of aliphatic hydroxyl groups is 1. The lowest BCUT2D eigenvalue weighted by Gasteiger charge is -2.16. The van der Waals surface area contributed by atoms with Crippen LogP contribution in [0.25, 0.3) is 0 Å². The Hall–Kier alpha value is -1.62. The van der Waals surface area contributed by atoms with Gasteiger partial charge < -0.3 is 15.2 Å². The SMILES string of the molecule is COc1ccc(NC(=O)C(C)(C)O)cc1F. The lowest BCUT2D eigenvalue weighted by atomic mass is 10.1. The molecule has 5 heteroatoms. The first-order valence-electron chi connectivity index (χ1n) is 4.72. The van der Waals surface area contributed by atoms with Crippen molar-refractivity contribution in [1.29, 1.82) is 0 Å². The van der Waals surface area contributed by atoms with Crippen molar-refractivity contribution in [3.63, 3.8) is 0 Å². The largest absolute Gasteiger partial charge is 0.494 e. The highest BCUT2D eigenvalue weighted by Crippen LogP contribution is 2.21. The Labute approximate surface area is 93.0 Å². The molecule has 1 aromatic carbocycles. The number of anilines is 1. The predicted octanol–water partition coefficient (Wildman–Crippen LogP) is 1.54. The standard InChI is InChI=1S/C11H14FNO3/c1-11(2,15)10(14)13-7-4-5-9(16-3)8(12)6-7/h4-6,15H,1-3H3,(H,13,14). The van der Waals surface area contributed by atoms with E-state index in [0.717, 1.165) is 6.07 Å². The number of carbonyl (C=O) groups is 1. The minimum absolute atomic E-state index is 0.0984. The summed E-state index contributed by atoms with van der Waals surface area (Å²) < 4.78 is 18.0. The Bertz CT molecular complexity index is 399. The molecule has 0 fully saturated rings. The van der Waals surface area contributed by atoms with E-state index < -0.39 is 17.3 Å². The molecule has 0 radical (unpaired) electrons. The van der Waals surface area contributed by atoms with Gasteiger partial charge in [-0.25, -0.2) is 4.39 Å². The molecular weight excluding hydrogens is 213 g/mol. The van der Waals surface area contributed by atoms with Crippen LogP contribution in [0.2, 0.25) is 0 Å². The maximum atomic E-state index is 13.3. The van der Waals surface area contributed by atoms with E-state index in [-0.39, 0.29) is 11.4 Å². The van der Waals surface area contributed by atoms with Gasteiger partial charge in [0.1, 0.15) is 5.60 Å². The molecule has 0 aromatic heterocycles. The maximum absolute atomic E-state index is 13.3. The maximum Gasteiger partial charge on any atom is 0.255 e. The van der Waals surface area contributed by atoms with Gasteiger partial charge in [0.15, 0.2) is 11.6 Å². The summed E-state index contributed by atoms with van der Waals surface area (Å²) in [6, 6.07) is 4.02. The van der Waals surface area contributed by atoms with Crippen molar-refractivity contribution in [2.24, 2.45) is 0 Å². The summed E-state index contributed by atoms with van der Waals surface area (Å²) in [4.78, 5) is 11.4. The van der Waals surface area contributed by atoms with Crippen LogP contribution in [-0.2, 0) is 4.79 Å². The first-order chi connectivity index (χ1) is 7.34. The fourth-order valence-electron chi connectivity index (χ4n) is 1.03. The Morgan fingerprint density at radius 1 is 1.50 bits per heavy atom. The molecule has 0 saturated carbocycles. The van der Waals surface area contributed by atoms with Crippen molar-refractivity contribution >= 4 is 11.6 Å². The molecule has 0 aliphatic rings. The molecule has 0 aliphatic heterocycles. The summed E-state index contributed by atoms with van der Waals surface area (Å²) in [6.45, 7) is 2.70. The van der Waals surface area contributed by atoms with Crippen molar-refractivity contribution in [3.8, 4) is 5.75 Å². The van der Waals surface area contributed by atoms with E-state index in [1.54, 1.807) is 0 Å². The van der Waals surface area contributed by atoms with Gasteiger partial charge in [-0.15, -0.1) is 0 Å². The van der Waals surface area contributed by atoms with Crippen molar-refractivity contribution in [3.05, 3.63) is 24.0 Å². The van der Waals surface area contributed by atoms with Crippen LogP contribution in [0.1, 0.15) is 13.8 Å². The lowest BCUT2D eigenvalue weighted by Crippen LogP contribution is -2.36. The van der Waals surface area contributed by atoms with Gasteiger partial charge in [0.05, 0.1) is 7.11 Å². The second kappa shape index (κ2) is 4.49. The monoisotopic (exact) mass is 227 g/mol. The second-order valence-corrected chi connectivity index (χ2v) is 3.86. The van der Waals surface area contributed by atoms with Crippen molar-refractivity contribution < 1.29 is 19.0 Å². The van der Waals surface area contributed by atoms with Gasteiger partial charge in [0.2, 0.25) is 0 Å². The van der Waals surface area contributed by atoms with Crippen LogP contribution in [0.5, 0.6) is 5.75 Å². The number of methoxy groups -OCH3 is 1. The average molecular weight is 227 g/mol. The lowest BCUT2D eigenvalue weighted by molar-refractivity contribution is -0.130. The van der Waals surface area contributed by atoms with Crippen LogP contribution in [0.3, 0.4) is 0 Å². The Morgan fingerprint density at radius 3 is 2.56 bits per heavy atom. The summed E-state index contributed by atoms with van der Waals surface area (Å²) >= 11 is 0. The molecule has 16 heavy (non-hydrogen) atoms. The smallest absolute Gasteiger partial charge is 0.255 e.